The Morgan fingerprint density at radius 1 is 1.05 bits per heavy atom. The van der Waals surface area contributed by atoms with Crippen LogP contribution in [0.4, 0.5) is 17.2 Å². The number of nitrogens with two attached hydrogens (primary N) is 1. The predicted molar refractivity (Wildman–Crippen MR) is 85.6 cm³/mol. The zero-order valence-corrected chi connectivity index (χ0v) is 11.8. The first kappa shape index (κ1) is 12.8. The molecule has 0 aliphatic heterocycles. The molecule has 0 spiro atoms. The standard InChI is InChI=1S/C16H14ClN3/c1-10-9-14-13(3-2-4-15(14)18)16(19-10)20-12-7-5-11(17)6-8-12/h2-9H,18H2,1H3,(H,19,20). The highest BCUT2D eigenvalue weighted by Crippen LogP contribution is 2.29. The summed E-state index contributed by atoms with van der Waals surface area (Å²) in [6.45, 7) is 1.96. The number of pyridine rings is 1. The minimum absolute atomic E-state index is 0.710. The fourth-order valence-electron chi connectivity index (χ4n) is 2.19. The lowest BCUT2D eigenvalue weighted by Gasteiger charge is -2.11. The van der Waals surface area contributed by atoms with Crippen molar-refractivity contribution in [3.05, 3.63) is 59.2 Å². The zero-order chi connectivity index (χ0) is 14.1. The molecule has 1 aromatic heterocycles. The number of benzene rings is 2. The van der Waals surface area contributed by atoms with E-state index in [-0.39, 0.29) is 0 Å². The van der Waals surface area contributed by atoms with Gasteiger partial charge in [0.1, 0.15) is 5.82 Å². The largest absolute Gasteiger partial charge is 0.398 e. The summed E-state index contributed by atoms with van der Waals surface area (Å²) in [5.41, 5.74) is 8.65. The van der Waals surface area contributed by atoms with Crippen LogP contribution in [0.3, 0.4) is 0 Å². The van der Waals surface area contributed by atoms with E-state index in [2.05, 4.69) is 10.3 Å². The summed E-state index contributed by atoms with van der Waals surface area (Å²) < 4.78 is 0. The second-order valence-corrected chi connectivity index (χ2v) is 5.12. The van der Waals surface area contributed by atoms with Crippen molar-refractivity contribution in [2.45, 2.75) is 6.92 Å². The number of rotatable bonds is 2. The monoisotopic (exact) mass is 283 g/mol. The Labute approximate surface area is 122 Å². The van der Waals surface area contributed by atoms with E-state index in [4.69, 9.17) is 17.3 Å². The number of fused-ring (bicyclic) bond motifs is 1. The van der Waals surface area contributed by atoms with Gasteiger partial charge in [0.25, 0.3) is 0 Å². The van der Waals surface area contributed by atoms with Crippen molar-refractivity contribution in [3.8, 4) is 0 Å². The molecule has 0 saturated heterocycles. The topological polar surface area (TPSA) is 50.9 Å². The normalized spacial score (nSPS) is 10.7. The molecule has 3 N–H and O–H groups in total. The maximum absolute atomic E-state index is 6.03. The van der Waals surface area contributed by atoms with Crippen LogP contribution in [0.2, 0.25) is 5.02 Å². The first-order valence-electron chi connectivity index (χ1n) is 6.32. The van der Waals surface area contributed by atoms with Crippen molar-refractivity contribution in [1.82, 2.24) is 4.98 Å². The van der Waals surface area contributed by atoms with Crippen LogP contribution in [-0.4, -0.2) is 4.98 Å². The smallest absolute Gasteiger partial charge is 0.138 e. The molecule has 0 amide bonds. The number of aromatic nitrogens is 1. The lowest BCUT2D eigenvalue weighted by atomic mass is 10.1. The Morgan fingerprint density at radius 3 is 2.55 bits per heavy atom. The van der Waals surface area contributed by atoms with Gasteiger partial charge >= 0.3 is 0 Å². The molecule has 2 aromatic carbocycles. The lowest BCUT2D eigenvalue weighted by Crippen LogP contribution is -1.98. The SMILES string of the molecule is Cc1cc2c(N)cccc2c(Nc2ccc(Cl)cc2)n1. The lowest BCUT2D eigenvalue weighted by molar-refractivity contribution is 1.22. The number of halogens is 1. The van der Waals surface area contributed by atoms with Crippen molar-refractivity contribution in [2.24, 2.45) is 0 Å². The average Bonchev–Trinajstić information content (AvgIpc) is 2.42. The Balaban J connectivity index is 2.11. The second kappa shape index (κ2) is 5.02. The average molecular weight is 284 g/mol. The molecule has 0 unspecified atom stereocenters. The second-order valence-electron chi connectivity index (χ2n) is 4.69. The molecular formula is C16H14ClN3. The Bertz CT molecular complexity index is 767. The van der Waals surface area contributed by atoms with Crippen LogP contribution in [-0.2, 0) is 0 Å². The van der Waals surface area contributed by atoms with E-state index < -0.39 is 0 Å². The molecule has 3 nitrogen and oxygen atoms in total. The molecule has 3 rings (SSSR count). The van der Waals surface area contributed by atoms with Crippen LogP contribution in [0.1, 0.15) is 5.69 Å². The third kappa shape index (κ3) is 2.40. The van der Waals surface area contributed by atoms with E-state index in [1.807, 2.05) is 55.5 Å². The molecule has 1 heterocycles. The number of hydrogen-bond acceptors (Lipinski definition) is 3. The van der Waals surface area contributed by atoms with Gasteiger partial charge in [-0.15, -0.1) is 0 Å². The summed E-state index contributed by atoms with van der Waals surface area (Å²) in [4.78, 5) is 4.56. The molecular weight excluding hydrogens is 270 g/mol. The van der Waals surface area contributed by atoms with Crippen LogP contribution in [0.15, 0.2) is 48.5 Å². The number of aryl methyl sites for hydroxylation is 1. The summed E-state index contributed by atoms with van der Waals surface area (Å²) in [5, 5.41) is 6.04. The van der Waals surface area contributed by atoms with Gasteiger partial charge in [-0.3, -0.25) is 0 Å². The maximum atomic E-state index is 6.03. The van der Waals surface area contributed by atoms with Crippen LogP contribution in [0.5, 0.6) is 0 Å². The quantitative estimate of drug-likeness (QED) is 0.680. The highest BCUT2D eigenvalue weighted by Gasteiger charge is 2.06. The predicted octanol–water partition coefficient (Wildman–Crippen LogP) is 4.52. The van der Waals surface area contributed by atoms with E-state index >= 15 is 0 Å². The highest BCUT2D eigenvalue weighted by atomic mass is 35.5. The van der Waals surface area contributed by atoms with Crippen molar-refractivity contribution in [1.29, 1.82) is 0 Å². The molecule has 100 valence electrons. The van der Waals surface area contributed by atoms with Gasteiger partial charge in [0.2, 0.25) is 0 Å². The summed E-state index contributed by atoms with van der Waals surface area (Å²) in [6, 6.07) is 15.4. The van der Waals surface area contributed by atoms with E-state index in [1.165, 1.54) is 0 Å². The minimum atomic E-state index is 0.710. The molecule has 0 aliphatic rings. The summed E-state index contributed by atoms with van der Waals surface area (Å²) in [6.07, 6.45) is 0. The number of nitrogens with zero attached hydrogens (tertiary/aromatic N) is 1. The van der Waals surface area contributed by atoms with Crippen molar-refractivity contribution >= 4 is 39.6 Å². The van der Waals surface area contributed by atoms with Crippen LogP contribution in [0.25, 0.3) is 10.8 Å². The van der Waals surface area contributed by atoms with Gasteiger partial charge in [-0.2, -0.15) is 0 Å². The summed E-state index contributed by atoms with van der Waals surface area (Å²) in [7, 11) is 0. The van der Waals surface area contributed by atoms with E-state index in [1.54, 1.807) is 0 Å². The van der Waals surface area contributed by atoms with Gasteiger partial charge in [-0.25, -0.2) is 4.98 Å². The summed E-state index contributed by atoms with van der Waals surface area (Å²) in [5.74, 6) is 0.801. The number of anilines is 3. The molecule has 3 aromatic rings. The molecule has 20 heavy (non-hydrogen) atoms. The van der Waals surface area contributed by atoms with E-state index in [9.17, 15) is 0 Å². The van der Waals surface area contributed by atoms with Crippen molar-refractivity contribution in [3.63, 3.8) is 0 Å². The molecule has 0 radical (unpaired) electrons. The van der Waals surface area contributed by atoms with E-state index in [0.29, 0.717) is 5.02 Å². The van der Waals surface area contributed by atoms with Crippen LogP contribution < -0.4 is 11.1 Å². The highest BCUT2D eigenvalue weighted by molar-refractivity contribution is 6.30. The van der Waals surface area contributed by atoms with Crippen molar-refractivity contribution in [2.75, 3.05) is 11.1 Å². The van der Waals surface area contributed by atoms with Crippen molar-refractivity contribution < 1.29 is 0 Å². The molecule has 0 atom stereocenters. The van der Waals surface area contributed by atoms with E-state index in [0.717, 1.165) is 33.7 Å². The molecule has 0 bridgehead atoms. The van der Waals surface area contributed by atoms with Gasteiger partial charge in [-0.1, -0.05) is 23.7 Å². The third-order valence-corrected chi connectivity index (χ3v) is 3.40. The Morgan fingerprint density at radius 2 is 1.80 bits per heavy atom. The van der Waals surface area contributed by atoms with Gasteiger partial charge in [0.15, 0.2) is 0 Å². The minimum Gasteiger partial charge on any atom is -0.398 e. The third-order valence-electron chi connectivity index (χ3n) is 3.14. The van der Waals surface area contributed by atoms with Gasteiger partial charge in [0.05, 0.1) is 0 Å². The fourth-order valence-corrected chi connectivity index (χ4v) is 2.32. The fraction of sp³-hybridized carbons (Fsp3) is 0.0625. The first-order chi connectivity index (χ1) is 9.63. The van der Waals surface area contributed by atoms with Crippen LogP contribution in [0, 0.1) is 6.92 Å². The number of nitrogen functional groups attached to an aromatic ring is 1. The zero-order valence-electron chi connectivity index (χ0n) is 11.0. The molecule has 4 heteroatoms. The van der Waals surface area contributed by atoms with Crippen LogP contribution >= 0.6 is 11.6 Å². The maximum Gasteiger partial charge on any atom is 0.138 e. The first-order valence-corrected chi connectivity index (χ1v) is 6.70. The number of hydrogen-bond donors (Lipinski definition) is 2. The molecule has 0 fully saturated rings. The van der Waals surface area contributed by atoms with Gasteiger partial charge in [-0.05, 0) is 43.3 Å². The summed E-state index contributed by atoms with van der Waals surface area (Å²) >= 11 is 5.90. The Hall–Kier alpha value is -2.26. The molecule has 0 saturated carbocycles. The Kier molecular flexibility index (Phi) is 3.20. The van der Waals surface area contributed by atoms with Gasteiger partial charge < -0.3 is 11.1 Å². The molecule has 0 aliphatic carbocycles. The number of nitrogens with one attached hydrogen (secondary N) is 1. The van der Waals surface area contributed by atoms with Gasteiger partial charge in [0, 0.05) is 32.9 Å².